The van der Waals surface area contributed by atoms with Crippen LogP contribution in [-0.4, -0.2) is 31.0 Å². The van der Waals surface area contributed by atoms with Gasteiger partial charge in [0.05, 0.1) is 0 Å². The molecule has 0 bridgehead atoms. The molecule has 2 rings (SSSR count). The lowest BCUT2D eigenvalue weighted by Gasteiger charge is -2.04. The normalized spacial score (nSPS) is 10.8. The maximum Gasteiger partial charge on any atom is 0.221 e. The second kappa shape index (κ2) is 6.38. The summed E-state index contributed by atoms with van der Waals surface area (Å²) in [5.41, 5.74) is 3.70. The average Bonchev–Trinajstić information content (AvgIpc) is 2.81. The second-order valence-corrected chi connectivity index (χ2v) is 4.76. The number of para-hydroxylation sites is 1. The number of carbonyl (C=O) groups is 1. The molecular formula is C15H21N3O. The van der Waals surface area contributed by atoms with Gasteiger partial charge in [0.1, 0.15) is 0 Å². The molecular weight excluding hydrogens is 238 g/mol. The molecule has 0 atom stereocenters. The summed E-state index contributed by atoms with van der Waals surface area (Å²) in [6.45, 7) is 3.50. The van der Waals surface area contributed by atoms with Crippen LogP contribution < -0.4 is 10.6 Å². The van der Waals surface area contributed by atoms with Crippen molar-refractivity contribution in [3.8, 4) is 0 Å². The van der Waals surface area contributed by atoms with Crippen LogP contribution in [0.15, 0.2) is 24.4 Å². The van der Waals surface area contributed by atoms with Crippen LogP contribution >= 0.6 is 0 Å². The highest BCUT2D eigenvalue weighted by Crippen LogP contribution is 2.21. The smallest absolute Gasteiger partial charge is 0.221 e. The van der Waals surface area contributed by atoms with Gasteiger partial charge in [-0.15, -0.1) is 0 Å². The highest BCUT2D eigenvalue weighted by Gasteiger charge is 2.05. The Hall–Kier alpha value is -1.81. The van der Waals surface area contributed by atoms with Crippen molar-refractivity contribution < 1.29 is 4.79 Å². The standard InChI is InChI=1S/C15H21N3O/c1-11-4-3-5-13-12(10-18-15(11)13)6-9-17-14(19)7-8-16-2/h3-5,10,16,18H,6-9H2,1-2H3,(H,17,19). The highest BCUT2D eigenvalue weighted by molar-refractivity contribution is 5.86. The van der Waals surface area contributed by atoms with Crippen molar-refractivity contribution in [2.45, 2.75) is 19.8 Å². The van der Waals surface area contributed by atoms with Gasteiger partial charge in [0.25, 0.3) is 0 Å². The Balaban J connectivity index is 1.92. The number of aromatic nitrogens is 1. The summed E-state index contributed by atoms with van der Waals surface area (Å²) in [7, 11) is 1.85. The van der Waals surface area contributed by atoms with Gasteiger partial charge < -0.3 is 15.6 Å². The Morgan fingerprint density at radius 1 is 1.32 bits per heavy atom. The highest BCUT2D eigenvalue weighted by atomic mass is 16.1. The van der Waals surface area contributed by atoms with Crippen molar-refractivity contribution >= 4 is 16.8 Å². The quantitative estimate of drug-likeness (QED) is 0.740. The Kier molecular flexibility index (Phi) is 4.58. The van der Waals surface area contributed by atoms with E-state index in [2.05, 4.69) is 40.7 Å². The van der Waals surface area contributed by atoms with Gasteiger partial charge in [0.15, 0.2) is 0 Å². The lowest BCUT2D eigenvalue weighted by molar-refractivity contribution is -0.120. The fraction of sp³-hybridized carbons (Fsp3) is 0.400. The van der Waals surface area contributed by atoms with E-state index < -0.39 is 0 Å². The minimum Gasteiger partial charge on any atom is -0.361 e. The van der Waals surface area contributed by atoms with E-state index in [9.17, 15) is 4.79 Å². The molecule has 102 valence electrons. The zero-order valence-electron chi connectivity index (χ0n) is 11.5. The van der Waals surface area contributed by atoms with Gasteiger partial charge >= 0.3 is 0 Å². The number of rotatable bonds is 6. The maximum atomic E-state index is 11.5. The van der Waals surface area contributed by atoms with Gasteiger partial charge in [-0.2, -0.15) is 0 Å². The fourth-order valence-electron chi connectivity index (χ4n) is 2.23. The van der Waals surface area contributed by atoms with Gasteiger partial charge in [-0.3, -0.25) is 4.79 Å². The molecule has 1 aromatic heterocycles. The monoisotopic (exact) mass is 259 g/mol. The van der Waals surface area contributed by atoms with Crippen molar-refractivity contribution in [2.75, 3.05) is 20.1 Å². The van der Waals surface area contributed by atoms with Crippen molar-refractivity contribution in [1.29, 1.82) is 0 Å². The van der Waals surface area contributed by atoms with Crippen LogP contribution in [0.5, 0.6) is 0 Å². The molecule has 0 unspecified atom stereocenters. The number of benzene rings is 1. The Labute approximate surface area is 113 Å². The van der Waals surface area contributed by atoms with Gasteiger partial charge in [-0.25, -0.2) is 0 Å². The van der Waals surface area contributed by atoms with Gasteiger partial charge in [-0.1, -0.05) is 18.2 Å². The van der Waals surface area contributed by atoms with Crippen LogP contribution in [-0.2, 0) is 11.2 Å². The minimum atomic E-state index is 0.102. The van der Waals surface area contributed by atoms with E-state index in [1.807, 2.05) is 13.2 Å². The summed E-state index contributed by atoms with van der Waals surface area (Å²) in [6.07, 6.45) is 3.43. The minimum absolute atomic E-state index is 0.102. The number of aromatic amines is 1. The number of amides is 1. The van der Waals surface area contributed by atoms with Gasteiger partial charge in [0.2, 0.25) is 5.91 Å². The number of fused-ring (bicyclic) bond motifs is 1. The van der Waals surface area contributed by atoms with Gasteiger partial charge in [0, 0.05) is 36.6 Å². The van der Waals surface area contributed by atoms with Crippen molar-refractivity contribution in [3.63, 3.8) is 0 Å². The predicted molar refractivity (Wildman–Crippen MR) is 78.3 cm³/mol. The molecule has 19 heavy (non-hydrogen) atoms. The van der Waals surface area contributed by atoms with Crippen LogP contribution in [0.1, 0.15) is 17.5 Å². The molecule has 0 spiro atoms. The molecule has 3 N–H and O–H groups in total. The summed E-state index contributed by atoms with van der Waals surface area (Å²) < 4.78 is 0. The first-order chi connectivity index (χ1) is 9.22. The molecule has 4 nitrogen and oxygen atoms in total. The number of nitrogens with one attached hydrogen (secondary N) is 3. The van der Waals surface area contributed by atoms with Crippen LogP contribution in [0.4, 0.5) is 0 Å². The largest absolute Gasteiger partial charge is 0.361 e. The maximum absolute atomic E-state index is 11.5. The number of H-pyrrole nitrogens is 1. The summed E-state index contributed by atoms with van der Waals surface area (Å²) in [4.78, 5) is 14.8. The molecule has 0 saturated heterocycles. The van der Waals surface area contributed by atoms with E-state index in [1.165, 1.54) is 22.0 Å². The molecule has 0 radical (unpaired) electrons. The topological polar surface area (TPSA) is 56.9 Å². The fourth-order valence-corrected chi connectivity index (χ4v) is 2.23. The lowest BCUT2D eigenvalue weighted by atomic mass is 10.1. The zero-order valence-corrected chi connectivity index (χ0v) is 11.5. The third kappa shape index (κ3) is 3.35. The third-order valence-corrected chi connectivity index (χ3v) is 3.33. The average molecular weight is 259 g/mol. The number of hydrogen-bond acceptors (Lipinski definition) is 2. The Morgan fingerprint density at radius 3 is 2.95 bits per heavy atom. The number of aryl methyl sites for hydroxylation is 1. The summed E-state index contributed by atoms with van der Waals surface area (Å²) in [5.74, 6) is 0.102. The van der Waals surface area contributed by atoms with Crippen molar-refractivity contribution in [1.82, 2.24) is 15.6 Å². The molecule has 1 aromatic carbocycles. The summed E-state index contributed by atoms with van der Waals surface area (Å²) >= 11 is 0. The Bertz CT molecular complexity index is 560. The third-order valence-electron chi connectivity index (χ3n) is 3.33. The molecule has 0 aliphatic heterocycles. The molecule has 0 saturated carbocycles. The van der Waals surface area contributed by atoms with Crippen LogP contribution in [0.2, 0.25) is 0 Å². The predicted octanol–water partition coefficient (Wildman–Crippen LogP) is 1.74. The van der Waals surface area contributed by atoms with E-state index >= 15 is 0 Å². The zero-order chi connectivity index (χ0) is 13.7. The molecule has 1 amide bonds. The first-order valence-corrected chi connectivity index (χ1v) is 6.69. The van der Waals surface area contributed by atoms with E-state index in [-0.39, 0.29) is 5.91 Å². The van der Waals surface area contributed by atoms with Crippen molar-refractivity contribution in [2.24, 2.45) is 0 Å². The first kappa shape index (κ1) is 13.6. The van der Waals surface area contributed by atoms with Crippen molar-refractivity contribution in [3.05, 3.63) is 35.5 Å². The molecule has 4 heteroatoms. The Morgan fingerprint density at radius 2 is 2.16 bits per heavy atom. The van der Waals surface area contributed by atoms with E-state index in [4.69, 9.17) is 0 Å². The number of hydrogen-bond donors (Lipinski definition) is 3. The summed E-state index contributed by atoms with van der Waals surface area (Å²) in [6, 6.07) is 6.29. The molecule has 0 aliphatic rings. The van der Waals surface area contributed by atoms with E-state index in [0.717, 1.165) is 13.0 Å². The SMILES string of the molecule is CNCCC(=O)NCCc1c[nH]c2c(C)cccc12. The number of carbonyl (C=O) groups excluding carboxylic acids is 1. The summed E-state index contributed by atoms with van der Waals surface area (Å²) in [5, 5.41) is 7.16. The van der Waals surface area contributed by atoms with Crippen LogP contribution in [0, 0.1) is 6.92 Å². The lowest BCUT2D eigenvalue weighted by Crippen LogP contribution is -2.28. The molecule has 0 aliphatic carbocycles. The van der Waals surface area contributed by atoms with Crippen LogP contribution in [0.3, 0.4) is 0 Å². The molecule has 0 fully saturated rings. The molecule has 1 heterocycles. The van der Waals surface area contributed by atoms with E-state index in [0.29, 0.717) is 13.0 Å². The van der Waals surface area contributed by atoms with Crippen LogP contribution in [0.25, 0.3) is 10.9 Å². The first-order valence-electron chi connectivity index (χ1n) is 6.69. The van der Waals surface area contributed by atoms with E-state index in [1.54, 1.807) is 0 Å². The second-order valence-electron chi connectivity index (χ2n) is 4.76. The van der Waals surface area contributed by atoms with Gasteiger partial charge in [-0.05, 0) is 31.5 Å². The molecule has 2 aromatic rings.